The molecular formula is C17H25NO6S. The van der Waals surface area contributed by atoms with E-state index in [1.807, 2.05) is 0 Å². The molecule has 1 aromatic rings. The molecule has 0 saturated carbocycles. The Morgan fingerprint density at radius 1 is 1.28 bits per heavy atom. The molecule has 25 heavy (non-hydrogen) atoms. The van der Waals surface area contributed by atoms with Crippen molar-refractivity contribution < 1.29 is 27.9 Å². The van der Waals surface area contributed by atoms with Crippen molar-refractivity contribution in [3.05, 3.63) is 29.3 Å². The van der Waals surface area contributed by atoms with Gasteiger partial charge in [0.15, 0.2) is 0 Å². The lowest BCUT2D eigenvalue weighted by Gasteiger charge is -2.25. The topological polar surface area (TPSA) is 110 Å². The number of hydrogen-bond acceptors (Lipinski definition) is 5. The Balaban J connectivity index is 3.10. The summed E-state index contributed by atoms with van der Waals surface area (Å²) in [6.07, 6.45) is -0.342. The molecule has 0 amide bonds. The van der Waals surface area contributed by atoms with E-state index in [2.05, 4.69) is 4.72 Å². The number of aliphatic carboxylic acids is 1. The highest BCUT2D eigenvalue weighted by Crippen LogP contribution is 2.20. The fraction of sp³-hybridized carbons (Fsp3) is 0.529. The van der Waals surface area contributed by atoms with Gasteiger partial charge in [-0.2, -0.15) is 0 Å². The highest BCUT2D eigenvalue weighted by Gasteiger charge is 2.28. The van der Waals surface area contributed by atoms with Gasteiger partial charge in [0.25, 0.3) is 0 Å². The first-order valence-corrected chi connectivity index (χ1v) is 9.40. The predicted molar refractivity (Wildman–Crippen MR) is 93.0 cm³/mol. The van der Waals surface area contributed by atoms with Crippen LogP contribution in [0.4, 0.5) is 0 Å². The molecule has 0 aliphatic carbocycles. The highest BCUT2D eigenvalue weighted by molar-refractivity contribution is 7.89. The number of carbonyl (C=O) groups is 2. The van der Waals surface area contributed by atoms with E-state index in [9.17, 15) is 18.0 Å². The summed E-state index contributed by atoms with van der Waals surface area (Å²) >= 11 is 0. The van der Waals surface area contributed by atoms with Gasteiger partial charge in [0.05, 0.1) is 16.6 Å². The summed E-state index contributed by atoms with van der Waals surface area (Å²) in [5, 5.41) is 8.76. The molecule has 140 valence electrons. The average Bonchev–Trinajstić information content (AvgIpc) is 2.43. The smallest absolute Gasteiger partial charge is 0.338 e. The summed E-state index contributed by atoms with van der Waals surface area (Å²) in [5.74, 6) is -1.59. The van der Waals surface area contributed by atoms with E-state index >= 15 is 0 Å². The van der Waals surface area contributed by atoms with Crippen molar-refractivity contribution >= 4 is 22.0 Å². The summed E-state index contributed by atoms with van der Waals surface area (Å²) in [7, 11) is -3.92. The standard InChI is InChI=1S/C17H25NO6S/c1-11(2)24-16(21)14-10-13(7-6-12(14)3)25(22,23)18-17(4,5)9-8-15(19)20/h6-7,10-11,18H,8-9H2,1-5H3,(H,19,20). The molecule has 0 radical (unpaired) electrons. The van der Waals surface area contributed by atoms with Crippen molar-refractivity contribution in [3.8, 4) is 0 Å². The molecule has 7 nitrogen and oxygen atoms in total. The van der Waals surface area contributed by atoms with Crippen LogP contribution < -0.4 is 4.72 Å². The van der Waals surface area contributed by atoms with E-state index in [0.29, 0.717) is 5.56 Å². The maximum atomic E-state index is 12.6. The highest BCUT2D eigenvalue weighted by atomic mass is 32.2. The van der Waals surface area contributed by atoms with Crippen molar-refractivity contribution in [1.29, 1.82) is 0 Å². The zero-order valence-corrected chi connectivity index (χ0v) is 15.9. The van der Waals surface area contributed by atoms with Crippen LogP contribution in [0.5, 0.6) is 0 Å². The van der Waals surface area contributed by atoms with E-state index in [4.69, 9.17) is 9.84 Å². The summed E-state index contributed by atoms with van der Waals surface area (Å²) in [6.45, 7) is 8.32. The van der Waals surface area contributed by atoms with Crippen LogP contribution in [-0.2, 0) is 19.6 Å². The predicted octanol–water partition coefficient (Wildman–Crippen LogP) is 2.48. The molecule has 0 spiro atoms. The van der Waals surface area contributed by atoms with Crippen molar-refractivity contribution in [3.63, 3.8) is 0 Å². The number of hydrogen-bond donors (Lipinski definition) is 2. The van der Waals surface area contributed by atoms with Crippen molar-refractivity contribution in [2.24, 2.45) is 0 Å². The van der Waals surface area contributed by atoms with E-state index in [1.165, 1.54) is 18.2 Å². The molecule has 0 heterocycles. The van der Waals surface area contributed by atoms with Crippen LogP contribution in [-0.4, -0.2) is 37.1 Å². The van der Waals surface area contributed by atoms with Crippen LogP contribution in [0.2, 0.25) is 0 Å². The van der Waals surface area contributed by atoms with Gasteiger partial charge in [-0.05, 0) is 58.7 Å². The number of carboxylic acids is 1. The van der Waals surface area contributed by atoms with Crippen LogP contribution in [0.15, 0.2) is 23.1 Å². The maximum absolute atomic E-state index is 12.6. The third kappa shape index (κ3) is 6.47. The van der Waals surface area contributed by atoms with Crippen LogP contribution >= 0.6 is 0 Å². The molecule has 8 heteroatoms. The molecule has 2 N–H and O–H groups in total. The Morgan fingerprint density at radius 3 is 2.40 bits per heavy atom. The van der Waals surface area contributed by atoms with Crippen LogP contribution in [0, 0.1) is 6.92 Å². The molecular weight excluding hydrogens is 346 g/mol. The molecule has 1 rings (SSSR count). The fourth-order valence-corrected chi connectivity index (χ4v) is 3.63. The minimum absolute atomic E-state index is 0.0720. The Hall–Kier alpha value is -1.93. The van der Waals surface area contributed by atoms with Crippen LogP contribution in [0.25, 0.3) is 0 Å². The molecule has 0 unspecified atom stereocenters. The van der Waals surface area contributed by atoms with Gasteiger partial charge in [0.1, 0.15) is 0 Å². The van der Waals surface area contributed by atoms with Crippen molar-refractivity contribution in [2.75, 3.05) is 0 Å². The zero-order chi connectivity index (χ0) is 19.4. The second-order valence-corrected chi connectivity index (χ2v) is 8.50. The van der Waals surface area contributed by atoms with Crippen LogP contribution in [0.3, 0.4) is 0 Å². The zero-order valence-electron chi connectivity index (χ0n) is 15.1. The second kappa shape index (κ2) is 7.97. The number of benzene rings is 1. The summed E-state index contributed by atoms with van der Waals surface area (Å²) in [4.78, 5) is 22.7. The van der Waals surface area contributed by atoms with E-state index < -0.39 is 27.5 Å². The largest absolute Gasteiger partial charge is 0.481 e. The van der Waals surface area contributed by atoms with Gasteiger partial charge in [-0.3, -0.25) is 4.79 Å². The lowest BCUT2D eigenvalue weighted by Crippen LogP contribution is -2.43. The van der Waals surface area contributed by atoms with E-state index in [1.54, 1.807) is 34.6 Å². The van der Waals surface area contributed by atoms with Gasteiger partial charge in [-0.15, -0.1) is 0 Å². The Labute approximate surface area is 148 Å². The maximum Gasteiger partial charge on any atom is 0.338 e. The molecule has 0 fully saturated rings. The number of esters is 1. The molecule has 1 aromatic carbocycles. The molecule has 0 aliphatic rings. The molecule has 0 bridgehead atoms. The minimum atomic E-state index is -3.92. The number of ether oxygens (including phenoxy) is 1. The Kier molecular flexibility index (Phi) is 6.73. The minimum Gasteiger partial charge on any atom is -0.481 e. The molecule has 0 aliphatic heterocycles. The van der Waals surface area contributed by atoms with Crippen molar-refractivity contribution in [2.45, 2.75) is 64.0 Å². The summed E-state index contributed by atoms with van der Waals surface area (Å²) in [6, 6.07) is 4.21. The SMILES string of the molecule is Cc1ccc(S(=O)(=O)NC(C)(C)CCC(=O)O)cc1C(=O)OC(C)C. The quantitative estimate of drug-likeness (QED) is 0.679. The van der Waals surface area contributed by atoms with Crippen molar-refractivity contribution in [1.82, 2.24) is 4.72 Å². The van der Waals surface area contributed by atoms with E-state index in [-0.39, 0.29) is 29.4 Å². The number of sulfonamides is 1. The number of nitrogens with one attached hydrogen (secondary N) is 1. The summed E-state index contributed by atoms with van der Waals surface area (Å²) in [5.41, 5.74) is -0.157. The van der Waals surface area contributed by atoms with E-state index in [0.717, 1.165) is 0 Å². The third-order valence-electron chi connectivity index (χ3n) is 3.46. The van der Waals surface area contributed by atoms with Gasteiger partial charge in [-0.1, -0.05) is 6.07 Å². The first-order chi connectivity index (χ1) is 11.3. The average molecular weight is 371 g/mol. The van der Waals surface area contributed by atoms with Crippen LogP contribution in [0.1, 0.15) is 56.5 Å². The normalized spacial score (nSPS) is 12.2. The monoisotopic (exact) mass is 371 g/mol. The third-order valence-corrected chi connectivity index (χ3v) is 5.15. The lowest BCUT2D eigenvalue weighted by atomic mass is 10.0. The van der Waals surface area contributed by atoms with Gasteiger partial charge < -0.3 is 9.84 Å². The number of aryl methyl sites for hydroxylation is 1. The van der Waals surface area contributed by atoms with Gasteiger partial charge >= 0.3 is 11.9 Å². The molecule has 0 saturated heterocycles. The molecule has 0 atom stereocenters. The number of carboxylic acid groups (broad SMARTS) is 1. The first-order valence-electron chi connectivity index (χ1n) is 7.91. The van der Waals surface area contributed by atoms with Gasteiger partial charge in [0, 0.05) is 12.0 Å². The molecule has 0 aromatic heterocycles. The fourth-order valence-electron chi connectivity index (χ4n) is 2.16. The van der Waals surface area contributed by atoms with Gasteiger partial charge in [-0.25, -0.2) is 17.9 Å². The number of rotatable bonds is 8. The first kappa shape index (κ1) is 21.1. The second-order valence-electron chi connectivity index (χ2n) is 6.81. The Bertz CT molecular complexity index is 752. The Morgan fingerprint density at radius 2 is 1.88 bits per heavy atom. The number of carbonyl (C=O) groups excluding carboxylic acids is 1. The van der Waals surface area contributed by atoms with Gasteiger partial charge in [0.2, 0.25) is 10.0 Å². The summed E-state index contributed by atoms with van der Waals surface area (Å²) < 4.78 is 32.8. The lowest BCUT2D eigenvalue weighted by molar-refractivity contribution is -0.137.